The highest BCUT2D eigenvalue weighted by atomic mass is 32.1. The SMILES string of the molecule is CC(C)CC1(CN2CCC3(CC2)CC(N2CC4(CCN(S)CC4)C2)C3)CC1. The molecule has 5 aliphatic rings. The maximum atomic E-state index is 4.53. The largest absolute Gasteiger partial charge is 0.303 e. The van der Waals surface area contributed by atoms with Gasteiger partial charge < -0.3 is 4.90 Å². The third-order valence-electron chi connectivity index (χ3n) is 9.01. The molecular formula is C23H41N3S. The molecule has 0 unspecified atom stereocenters. The first-order valence-corrected chi connectivity index (χ1v) is 12.2. The highest BCUT2D eigenvalue weighted by molar-refractivity contribution is 7.77. The Morgan fingerprint density at radius 1 is 0.852 bits per heavy atom. The van der Waals surface area contributed by atoms with Crippen LogP contribution >= 0.6 is 12.8 Å². The molecule has 2 aliphatic carbocycles. The van der Waals surface area contributed by atoms with Crippen LogP contribution in [0.4, 0.5) is 0 Å². The van der Waals surface area contributed by atoms with E-state index in [2.05, 4.69) is 40.8 Å². The van der Waals surface area contributed by atoms with Crippen molar-refractivity contribution in [3.05, 3.63) is 0 Å². The Morgan fingerprint density at radius 3 is 2.00 bits per heavy atom. The fraction of sp³-hybridized carbons (Fsp3) is 1.00. The minimum absolute atomic E-state index is 0.667. The van der Waals surface area contributed by atoms with Crippen LogP contribution in [0.25, 0.3) is 0 Å². The summed E-state index contributed by atoms with van der Waals surface area (Å²) in [5.74, 6) is 0.871. The quantitative estimate of drug-likeness (QED) is 0.701. The van der Waals surface area contributed by atoms with Crippen LogP contribution in [-0.2, 0) is 0 Å². The van der Waals surface area contributed by atoms with Gasteiger partial charge in [-0.3, -0.25) is 9.21 Å². The van der Waals surface area contributed by atoms with Crippen molar-refractivity contribution in [1.82, 2.24) is 14.1 Å². The van der Waals surface area contributed by atoms with Crippen molar-refractivity contribution in [3.8, 4) is 0 Å². The van der Waals surface area contributed by atoms with Gasteiger partial charge in [-0.2, -0.15) is 0 Å². The van der Waals surface area contributed by atoms with Gasteiger partial charge in [-0.1, -0.05) is 26.7 Å². The van der Waals surface area contributed by atoms with Crippen LogP contribution in [0.5, 0.6) is 0 Å². The summed E-state index contributed by atoms with van der Waals surface area (Å²) in [4.78, 5) is 5.67. The molecule has 3 nitrogen and oxygen atoms in total. The molecule has 3 heterocycles. The number of nitrogens with zero attached hydrogens (tertiary/aromatic N) is 3. The van der Waals surface area contributed by atoms with Crippen molar-refractivity contribution in [2.75, 3.05) is 45.8 Å². The summed E-state index contributed by atoms with van der Waals surface area (Å²) in [6.45, 7) is 14.1. The Balaban J connectivity index is 1.04. The lowest BCUT2D eigenvalue weighted by Gasteiger charge is -2.62. The van der Waals surface area contributed by atoms with Gasteiger partial charge in [0.05, 0.1) is 0 Å². The number of hydrogen-bond donors (Lipinski definition) is 1. The molecule has 0 amide bonds. The number of hydrogen-bond acceptors (Lipinski definition) is 4. The average molecular weight is 392 g/mol. The molecule has 2 saturated carbocycles. The molecule has 154 valence electrons. The molecule has 0 radical (unpaired) electrons. The monoisotopic (exact) mass is 391 g/mol. The van der Waals surface area contributed by atoms with Crippen molar-refractivity contribution in [2.45, 2.75) is 77.7 Å². The third kappa shape index (κ3) is 3.85. The van der Waals surface area contributed by atoms with Gasteiger partial charge in [-0.25, -0.2) is 0 Å². The van der Waals surface area contributed by atoms with E-state index in [0.29, 0.717) is 5.41 Å². The number of thiol groups is 1. The van der Waals surface area contributed by atoms with E-state index < -0.39 is 0 Å². The molecule has 0 aromatic rings. The number of rotatable bonds is 5. The predicted molar refractivity (Wildman–Crippen MR) is 116 cm³/mol. The molecule has 5 fully saturated rings. The van der Waals surface area contributed by atoms with Crippen molar-refractivity contribution in [2.24, 2.45) is 22.2 Å². The Labute approximate surface area is 172 Å². The number of likely N-dealkylation sites (tertiary alicyclic amines) is 2. The van der Waals surface area contributed by atoms with Gasteiger partial charge in [-0.05, 0) is 93.0 Å². The Morgan fingerprint density at radius 2 is 1.44 bits per heavy atom. The van der Waals surface area contributed by atoms with E-state index in [1.807, 2.05) is 0 Å². The fourth-order valence-electron chi connectivity index (χ4n) is 7.09. The minimum atomic E-state index is 0.667. The normalized spacial score (nSPS) is 33.3. The lowest BCUT2D eigenvalue weighted by atomic mass is 9.58. The molecule has 27 heavy (non-hydrogen) atoms. The second-order valence-corrected chi connectivity index (χ2v) is 12.4. The Hall–Kier alpha value is 0.230. The highest BCUT2D eigenvalue weighted by Gasteiger charge is 2.54. The maximum absolute atomic E-state index is 4.53. The molecule has 0 atom stereocenters. The zero-order chi connectivity index (χ0) is 18.7. The van der Waals surface area contributed by atoms with Gasteiger partial charge in [0.25, 0.3) is 0 Å². The zero-order valence-electron chi connectivity index (χ0n) is 17.8. The second-order valence-electron chi connectivity index (χ2n) is 11.8. The molecule has 5 rings (SSSR count). The molecule has 3 saturated heterocycles. The van der Waals surface area contributed by atoms with Crippen LogP contribution in [0.15, 0.2) is 0 Å². The summed E-state index contributed by atoms with van der Waals surface area (Å²) in [7, 11) is 0. The van der Waals surface area contributed by atoms with Crippen LogP contribution < -0.4 is 0 Å². The first-order valence-electron chi connectivity index (χ1n) is 11.8. The molecule has 0 aromatic carbocycles. The summed E-state index contributed by atoms with van der Waals surface area (Å²) >= 11 is 4.53. The summed E-state index contributed by atoms with van der Waals surface area (Å²) in [5, 5.41) is 0. The van der Waals surface area contributed by atoms with E-state index in [1.54, 1.807) is 0 Å². The summed E-state index contributed by atoms with van der Waals surface area (Å²) in [6, 6.07) is 0.923. The van der Waals surface area contributed by atoms with Crippen LogP contribution in [0.3, 0.4) is 0 Å². The average Bonchev–Trinajstić information content (AvgIpc) is 3.31. The van der Waals surface area contributed by atoms with E-state index in [-0.39, 0.29) is 0 Å². The van der Waals surface area contributed by atoms with Crippen molar-refractivity contribution < 1.29 is 0 Å². The van der Waals surface area contributed by atoms with E-state index in [0.717, 1.165) is 22.8 Å². The first kappa shape index (κ1) is 19.2. The molecule has 3 aliphatic heterocycles. The second kappa shape index (κ2) is 6.89. The molecule has 0 N–H and O–H groups in total. The van der Waals surface area contributed by atoms with E-state index in [1.165, 1.54) is 104 Å². The maximum Gasteiger partial charge on any atom is 0.0106 e. The number of piperidine rings is 2. The predicted octanol–water partition coefficient (Wildman–Crippen LogP) is 4.30. The first-order chi connectivity index (χ1) is 12.9. The lowest BCUT2D eigenvalue weighted by Crippen LogP contribution is -2.66. The minimum Gasteiger partial charge on any atom is -0.303 e. The van der Waals surface area contributed by atoms with Crippen molar-refractivity contribution >= 4 is 12.8 Å². The van der Waals surface area contributed by atoms with Crippen LogP contribution in [0, 0.1) is 22.2 Å². The summed E-state index contributed by atoms with van der Waals surface area (Å²) < 4.78 is 2.22. The third-order valence-corrected chi connectivity index (χ3v) is 9.41. The lowest BCUT2D eigenvalue weighted by molar-refractivity contribution is -0.124. The van der Waals surface area contributed by atoms with Crippen LogP contribution in [-0.4, -0.2) is 66.0 Å². The fourth-order valence-corrected chi connectivity index (χ4v) is 7.29. The zero-order valence-corrected chi connectivity index (χ0v) is 18.7. The topological polar surface area (TPSA) is 9.72 Å². The van der Waals surface area contributed by atoms with Crippen molar-refractivity contribution in [3.63, 3.8) is 0 Å². The van der Waals surface area contributed by atoms with Gasteiger partial charge in [0.1, 0.15) is 0 Å². The molecule has 0 bridgehead atoms. The molecule has 2 spiro atoms. The van der Waals surface area contributed by atoms with Gasteiger partial charge in [0.15, 0.2) is 0 Å². The van der Waals surface area contributed by atoms with Crippen LogP contribution in [0.1, 0.15) is 71.6 Å². The van der Waals surface area contributed by atoms with Gasteiger partial charge in [0.2, 0.25) is 0 Å². The van der Waals surface area contributed by atoms with E-state index in [4.69, 9.17) is 0 Å². The molecule has 0 aromatic heterocycles. The molecule has 4 heteroatoms. The Kier molecular flexibility index (Phi) is 4.90. The summed E-state index contributed by atoms with van der Waals surface area (Å²) in [5.41, 5.74) is 2.11. The smallest absolute Gasteiger partial charge is 0.0106 e. The van der Waals surface area contributed by atoms with E-state index >= 15 is 0 Å². The van der Waals surface area contributed by atoms with Gasteiger partial charge in [-0.15, -0.1) is 0 Å². The van der Waals surface area contributed by atoms with E-state index in [9.17, 15) is 0 Å². The van der Waals surface area contributed by atoms with Gasteiger partial charge in [0, 0.05) is 38.8 Å². The summed E-state index contributed by atoms with van der Waals surface area (Å²) in [6.07, 6.45) is 13.2. The van der Waals surface area contributed by atoms with Crippen molar-refractivity contribution in [1.29, 1.82) is 0 Å². The van der Waals surface area contributed by atoms with Gasteiger partial charge >= 0.3 is 0 Å². The Bertz CT molecular complexity index is 526. The van der Waals surface area contributed by atoms with Crippen LogP contribution in [0.2, 0.25) is 0 Å². The molecular weight excluding hydrogens is 350 g/mol. The standard InChI is InChI=1S/C23H41N3S/c1-19(2)13-22(3-4-22)16-24-9-5-21(6-10-24)14-20(15-21)25-17-23(18-25)7-11-26(27)12-8-23/h19-20,27H,3-18H2,1-2H3. The highest BCUT2D eigenvalue weighted by Crippen LogP contribution is 2.56.